The Labute approximate surface area is 120 Å². The van der Waals surface area contributed by atoms with Crippen molar-refractivity contribution in [1.29, 1.82) is 0 Å². The summed E-state index contributed by atoms with van der Waals surface area (Å²) < 4.78 is 0. The molecule has 2 atom stereocenters. The van der Waals surface area contributed by atoms with Crippen molar-refractivity contribution in [1.82, 2.24) is 10.2 Å². The normalized spacial score (nSPS) is 23.6. The summed E-state index contributed by atoms with van der Waals surface area (Å²) in [7, 11) is 0. The standard InChI is InChI=1S/C15H24N2OS/c1-11(2)17(10-14-5-4-8-19-14)15(18)13-6-7-16-12(3)9-13/h4-5,8,11-13,16H,6-7,9-10H2,1-3H3. The van der Waals surface area contributed by atoms with E-state index in [9.17, 15) is 4.79 Å². The molecule has 0 saturated carbocycles. The Hall–Kier alpha value is -0.870. The largest absolute Gasteiger partial charge is 0.335 e. The summed E-state index contributed by atoms with van der Waals surface area (Å²) >= 11 is 1.73. The lowest BCUT2D eigenvalue weighted by Gasteiger charge is -2.34. The van der Waals surface area contributed by atoms with Gasteiger partial charge in [0.25, 0.3) is 0 Å². The number of nitrogens with one attached hydrogen (secondary N) is 1. The number of thiophene rings is 1. The van der Waals surface area contributed by atoms with Crippen molar-refractivity contribution in [2.75, 3.05) is 6.54 Å². The van der Waals surface area contributed by atoms with Crippen molar-refractivity contribution in [3.63, 3.8) is 0 Å². The van der Waals surface area contributed by atoms with Gasteiger partial charge < -0.3 is 10.2 Å². The monoisotopic (exact) mass is 280 g/mol. The van der Waals surface area contributed by atoms with Crippen LogP contribution in [-0.2, 0) is 11.3 Å². The summed E-state index contributed by atoms with van der Waals surface area (Å²) in [5.74, 6) is 0.523. The molecule has 2 rings (SSSR count). The van der Waals surface area contributed by atoms with Gasteiger partial charge in [0.2, 0.25) is 5.91 Å². The Morgan fingerprint density at radius 3 is 2.95 bits per heavy atom. The van der Waals surface area contributed by atoms with Crippen LogP contribution in [0.15, 0.2) is 17.5 Å². The zero-order valence-corrected chi connectivity index (χ0v) is 12.9. The molecular weight excluding hydrogens is 256 g/mol. The van der Waals surface area contributed by atoms with Crippen LogP contribution >= 0.6 is 11.3 Å². The van der Waals surface area contributed by atoms with Gasteiger partial charge in [-0.1, -0.05) is 6.07 Å². The minimum absolute atomic E-state index is 0.193. The Morgan fingerprint density at radius 2 is 2.37 bits per heavy atom. The number of rotatable bonds is 4. The van der Waals surface area contributed by atoms with Crippen LogP contribution in [0.5, 0.6) is 0 Å². The number of piperidine rings is 1. The van der Waals surface area contributed by atoms with Gasteiger partial charge in [-0.25, -0.2) is 0 Å². The Kier molecular flexibility index (Phi) is 4.99. The fourth-order valence-corrected chi connectivity index (χ4v) is 3.38. The van der Waals surface area contributed by atoms with E-state index in [1.165, 1.54) is 4.88 Å². The molecule has 3 nitrogen and oxygen atoms in total. The first kappa shape index (κ1) is 14.5. The summed E-state index contributed by atoms with van der Waals surface area (Å²) in [4.78, 5) is 16.0. The fourth-order valence-electron chi connectivity index (χ4n) is 2.68. The van der Waals surface area contributed by atoms with Gasteiger partial charge >= 0.3 is 0 Å². The molecule has 1 N–H and O–H groups in total. The highest BCUT2D eigenvalue weighted by molar-refractivity contribution is 7.09. The third kappa shape index (κ3) is 3.80. The quantitative estimate of drug-likeness (QED) is 0.920. The zero-order chi connectivity index (χ0) is 13.8. The third-order valence-electron chi connectivity index (χ3n) is 3.79. The molecule has 1 aliphatic heterocycles. The van der Waals surface area contributed by atoms with E-state index in [1.54, 1.807) is 11.3 Å². The second-order valence-corrected chi connectivity index (χ2v) is 6.75. The first-order valence-electron chi connectivity index (χ1n) is 7.14. The lowest BCUT2D eigenvalue weighted by Crippen LogP contribution is -2.46. The molecule has 2 heterocycles. The Bertz CT molecular complexity index is 402. The SMILES string of the molecule is CC1CC(C(=O)N(Cc2cccs2)C(C)C)CCN1. The van der Waals surface area contributed by atoms with Crippen LogP contribution in [0, 0.1) is 5.92 Å². The van der Waals surface area contributed by atoms with E-state index >= 15 is 0 Å². The Morgan fingerprint density at radius 1 is 1.58 bits per heavy atom. The highest BCUT2D eigenvalue weighted by atomic mass is 32.1. The van der Waals surface area contributed by atoms with Gasteiger partial charge in [0.1, 0.15) is 0 Å². The van der Waals surface area contributed by atoms with Crippen LogP contribution in [0.25, 0.3) is 0 Å². The highest BCUT2D eigenvalue weighted by Crippen LogP contribution is 2.22. The molecule has 1 amide bonds. The molecule has 1 aromatic heterocycles. The van der Waals surface area contributed by atoms with Gasteiger partial charge in [-0.3, -0.25) is 4.79 Å². The van der Waals surface area contributed by atoms with E-state index in [-0.39, 0.29) is 12.0 Å². The highest BCUT2D eigenvalue weighted by Gasteiger charge is 2.29. The topological polar surface area (TPSA) is 32.3 Å². The van der Waals surface area contributed by atoms with Crippen molar-refractivity contribution in [3.05, 3.63) is 22.4 Å². The minimum atomic E-state index is 0.193. The second kappa shape index (κ2) is 6.53. The molecule has 106 valence electrons. The van der Waals surface area contributed by atoms with Gasteiger partial charge in [-0.15, -0.1) is 11.3 Å². The maximum atomic E-state index is 12.7. The van der Waals surface area contributed by atoms with E-state index in [2.05, 4.69) is 43.6 Å². The van der Waals surface area contributed by atoms with Gasteiger partial charge in [0.05, 0.1) is 6.54 Å². The molecule has 1 aromatic rings. The lowest BCUT2D eigenvalue weighted by atomic mass is 9.91. The van der Waals surface area contributed by atoms with Gasteiger partial charge in [0, 0.05) is 22.9 Å². The molecule has 0 aromatic carbocycles. The summed E-state index contributed by atoms with van der Waals surface area (Å²) in [6, 6.07) is 4.88. The van der Waals surface area contributed by atoms with Crippen LogP contribution in [0.2, 0.25) is 0 Å². The molecule has 1 saturated heterocycles. The number of hydrogen-bond acceptors (Lipinski definition) is 3. The van der Waals surface area contributed by atoms with Crippen molar-refractivity contribution in [2.45, 2.75) is 52.2 Å². The predicted octanol–water partition coefficient (Wildman–Crippen LogP) is 2.87. The molecule has 0 aliphatic carbocycles. The average molecular weight is 280 g/mol. The van der Waals surface area contributed by atoms with Gasteiger partial charge in [-0.2, -0.15) is 0 Å². The van der Waals surface area contributed by atoms with E-state index in [4.69, 9.17) is 0 Å². The molecule has 1 aliphatic rings. The number of nitrogens with zero attached hydrogens (tertiary/aromatic N) is 1. The molecule has 1 fully saturated rings. The molecule has 19 heavy (non-hydrogen) atoms. The van der Waals surface area contributed by atoms with Crippen molar-refractivity contribution in [2.24, 2.45) is 5.92 Å². The average Bonchev–Trinajstić information content (AvgIpc) is 2.87. The first-order valence-corrected chi connectivity index (χ1v) is 8.02. The maximum absolute atomic E-state index is 12.7. The molecule has 0 spiro atoms. The number of hydrogen-bond donors (Lipinski definition) is 1. The van der Waals surface area contributed by atoms with Crippen LogP contribution in [0.4, 0.5) is 0 Å². The molecular formula is C15H24N2OS. The van der Waals surface area contributed by atoms with Gasteiger partial charge in [0.15, 0.2) is 0 Å². The maximum Gasteiger partial charge on any atom is 0.226 e. The van der Waals surface area contributed by atoms with Crippen molar-refractivity contribution in [3.8, 4) is 0 Å². The Balaban J connectivity index is 2.03. The van der Waals surface area contributed by atoms with Crippen LogP contribution in [0.3, 0.4) is 0 Å². The molecule has 0 bridgehead atoms. The summed E-state index contributed by atoms with van der Waals surface area (Å²) in [6.07, 6.45) is 1.93. The number of amides is 1. The summed E-state index contributed by atoms with van der Waals surface area (Å²) in [6.45, 7) is 8.10. The van der Waals surface area contributed by atoms with E-state index in [0.717, 1.165) is 25.9 Å². The summed E-state index contributed by atoms with van der Waals surface area (Å²) in [5.41, 5.74) is 0. The first-order chi connectivity index (χ1) is 9.08. The summed E-state index contributed by atoms with van der Waals surface area (Å²) in [5, 5.41) is 5.49. The number of carbonyl (C=O) groups excluding carboxylic acids is 1. The van der Waals surface area contributed by atoms with Crippen LogP contribution in [0.1, 0.15) is 38.5 Å². The molecule has 0 radical (unpaired) electrons. The minimum Gasteiger partial charge on any atom is -0.335 e. The van der Waals surface area contributed by atoms with Crippen LogP contribution < -0.4 is 5.32 Å². The van der Waals surface area contributed by atoms with Crippen LogP contribution in [-0.4, -0.2) is 29.4 Å². The number of carbonyl (C=O) groups is 1. The smallest absolute Gasteiger partial charge is 0.226 e. The van der Waals surface area contributed by atoms with Crippen molar-refractivity contribution < 1.29 is 4.79 Å². The van der Waals surface area contributed by atoms with Gasteiger partial charge in [-0.05, 0) is 51.6 Å². The second-order valence-electron chi connectivity index (χ2n) is 5.72. The van der Waals surface area contributed by atoms with E-state index in [1.807, 2.05) is 4.90 Å². The van der Waals surface area contributed by atoms with E-state index in [0.29, 0.717) is 11.9 Å². The lowest BCUT2D eigenvalue weighted by molar-refractivity contribution is -0.139. The zero-order valence-electron chi connectivity index (χ0n) is 12.1. The third-order valence-corrected chi connectivity index (χ3v) is 4.65. The predicted molar refractivity (Wildman–Crippen MR) is 80.2 cm³/mol. The fraction of sp³-hybridized carbons (Fsp3) is 0.667. The molecule has 2 unspecified atom stereocenters. The van der Waals surface area contributed by atoms with E-state index < -0.39 is 0 Å². The van der Waals surface area contributed by atoms with Crippen molar-refractivity contribution >= 4 is 17.2 Å². The molecule has 4 heteroatoms.